The second-order valence-electron chi connectivity index (χ2n) is 4.97. The summed E-state index contributed by atoms with van der Waals surface area (Å²) in [6, 6.07) is 10.4. The van der Waals surface area contributed by atoms with Crippen molar-refractivity contribution in [2.45, 2.75) is 25.9 Å². The molecule has 106 valence electrons. The van der Waals surface area contributed by atoms with Gasteiger partial charge in [-0.25, -0.2) is 0 Å². The Hall–Kier alpha value is -1.97. The summed E-state index contributed by atoms with van der Waals surface area (Å²) >= 11 is 0. The second kappa shape index (κ2) is 5.19. The van der Waals surface area contributed by atoms with Crippen LogP contribution < -0.4 is 0 Å². The summed E-state index contributed by atoms with van der Waals surface area (Å²) in [5, 5.41) is 9.33. The third-order valence-corrected chi connectivity index (χ3v) is 3.18. The quantitative estimate of drug-likeness (QED) is 0.801. The van der Waals surface area contributed by atoms with E-state index < -0.39 is 11.7 Å². The smallest absolute Gasteiger partial charge is 0.417 e. The van der Waals surface area contributed by atoms with Crippen molar-refractivity contribution < 1.29 is 18.3 Å². The highest BCUT2D eigenvalue weighted by atomic mass is 19.4. The van der Waals surface area contributed by atoms with E-state index in [2.05, 4.69) is 0 Å². The molecule has 2 rings (SSSR count). The Bertz CT molecular complexity index is 615. The first-order valence-electron chi connectivity index (χ1n) is 6.30. The van der Waals surface area contributed by atoms with Crippen LogP contribution in [0.1, 0.15) is 30.9 Å². The zero-order valence-corrected chi connectivity index (χ0v) is 11.2. The molecule has 2 aromatic rings. The summed E-state index contributed by atoms with van der Waals surface area (Å²) in [5.41, 5.74) is 0.684. The van der Waals surface area contributed by atoms with E-state index in [0.29, 0.717) is 5.56 Å². The van der Waals surface area contributed by atoms with Crippen molar-refractivity contribution in [2.75, 3.05) is 0 Å². The highest BCUT2D eigenvalue weighted by Gasteiger charge is 2.34. The van der Waals surface area contributed by atoms with Crippen molar-refractivity contribution in [3.05, 3.63) is 53.6 Å². The van der Waals surface area contributed by atoms with Gasteiger partial charge in [0.2, 0.25) is 0 Å². The van der Waals surface area contributed by atoms with Crippen molar-refractivity contribution in [3.63, 3.8) is 0 Å². The molecule has 20 heavy (non-hydrogen) atoms. The van der Waals surface area contributed by atoms with Gasteiger partial charge in [-0.05, 0) is 34.7 Å². The third-order valence-electron chi connectivity index (χ3n) is 3.18. The standard InChI is InChI=1S/C16H15F3O/c1-10(2)12-5-3-4-6-13(12)14-8-7-11(20)9-15(14)16(17,18)19/h3-10,20H,1-2H3. The topological polar surface area (TPSA) is 20.2 Å². The van der Waals surface area contributed by atoms with Gasteiger partial charge < -0.3 is 5.11 Å². The molecule has 0 aliphatic carbocycles. The molecule has 2 aromatic carbocycles. The van der Waals surface area contributed by atoms with Gasteiger partial charge in [-0.2, -0.15) is 13.2 Å². The summed E-state index contributed by atoms with van der Waals surface area (Å²) in [5.74, 6) is -0.274. The summed E-state index contributed by atoms with van der Waals surface area (Å²) in [6.07, 6.45) is -4.50. The lowest BCUT2D eigenvalue weighted by Gasteiger charge is -2.17. The van der Waals surface area contributed by atoms with Gasteiger partial charge in [0.25, 0.3) is 0 Å². The van der Waals surface area contributed by atoms with Crippen LogP contribution >= 0.6 is 0 Å². The molecule has 0 spiro atoms. The fourth-order valence-electron chi connectivity index (χ4n) is 2.25. The molecule has 0 unspecified atom stereocenters. The fraction of sp³-hybridized carbons (Fsp3) is 0.250. The number of halogens is 3. The molecule has 0 amide bonds. The van der Waals surface area contributed by atoms with Crippen LogP contribution in [-0.2, 0) is 6.18 Å². The number of benzene rings is 2. The lowest BCUT2D eigenvalue weighted by atomic mass is 9.90. The number of hydrogen-bond acceptors (Lipinski definition) is 1. The maximum absolute atomic E-state index is 13.1. The summed E-state index contributed by atoms with van der Waals surface area (Å²) in [4.78, 5) is 0. The number of alkyl halides is 3. The van der Waals surface area contributed by atoms with E-state index in [1.807, 2.05) is 26.0 Å². The maximum atomic E-state index is 13.1. The number of rotatable bonds is 2. The van der Waals surface area contributed by atoms with Gasteiger partial charge in [0, 0.05) is 0 Å². The molecule has 1 nitrogen and oxygen atoms in total. The van der Waals surface area contributed by atoms with Crippen molar-refractivity contribution in [3.8, 4) is 16.9 Å². The van der Waals surface area contributed by atoms with Gasteiger partial charge in [0.1, 0.15) is 5.75 Å². The Morgan fingerprint density at radius 1 is 0.950 bits per heavy atom. The van der Waals surface area contributed by atoms with Crippen LogP contribution in [0, 0.1) is 0 Å². The lowest BCUT2D eigenvalue weighted by Crippen LogP contribution is -2.08. The maximum Gasteiger partial charge on any atom is 0.417 e. The summed E-state index contributed by atoms with van der Waals surface area (Å²) in [7, 11) is 0. The van der Waals surface area contributed by atoms with Crippen LogP contribution in [-0.4, -0.2) is 5.11 Å². The normalized spacial score (nSPS) is 11.9. The Balaban J connectivity index is 2.71. The number of phenols is 1. The van der Waals surface area contributed by atoms with E-state index >= 15 is 0 Å². The van der Waals surface area contributed by atoms with Gasteiger partial charge in [0.05, 0.1) is 5.56 Å². The molecule has 0 aliphatic rings. The predicted molar refractivity (Wildman–Crippen MR) is 72.6 cm³/mol. The highest BCUT2D eigenvalue weighted by Crippen LogP contribution is 2.41. The highest BCUT2D eigenvalue weighted by molar-refractivity contribution is 5.72. The largest absolute Gasteiger partial charge is 0.508 e. The average molecular weight is 280 g/mol. The monoisotopic (exact) mass is 280 g/mol. The van der Waals surface area contributed by atoms with E-state index in [-0.39, 0.29) is 17.2 Å². The molecule has 0 aliphatic heterocycles. The van der Waals surface area contributed by atoms with Crippen molar-refractivity contribution in [2.24, 2.45) is 0 Å². The molecule has 0 fully saturated rings. The van der Waals surface area contributed by atoms with Crippen LogP contribution in [0.25, 0.3) is 11.1 Å². The molecule has 4 heteroatoms. The van der Waals surface area contributed by atoms with Gasteiger partial charge >= 0.3 is 6.18 Å². The van der Waals surface area contributed by atoms with E-state index in [9.17, 15) is 18.3 Å². The average Bonchev–Trinajstić information content (AvgIpc) is 2.37. The van der Waals surface area contributed by atoms with Crippen LogP contribution in [0.5, 0.6) is 5.75 Å². The van der Waals surface area contributed by atoms with Crippen molar-refractivity contribution in [1.82, 2.24) is 0 Å². The van der Waals surface area contributed by atoms with Crippen LogP contribution in [0.2, 0.25) is 0 Å². The van der Waals surface area contributed by atoms with Gasteiger partial charge in [-0.15, -0.1) is 0 Å². The molecule has 0 saturated carbocycles. The first-order chi connectivity index (χ1) is 9.30. The van der Waals surface area contributed by atoms with Crippen molar-refractivity contribution >= 4 is 0 Å². The van der Waals surface area contributed by atoms with Gasteiger partial charge in [-0.1, -0.05) is 44.2 Å². The Kier molecular flexibility index (Phi) is 3.75. The van der Waals surface area contributed by atoms with Crippen LogP contribution in [0.4, 0.5) is 13.2 Å². The zero-order valence-electron chi connectivity index (χ0n) is 11.2. The molecule has 0 atom stereocenters. The molecule has 0 aromatic heterocycles. The Labute approximate surface area is 115 Å². The minimum absolute atomic E-state index is 0.0969. The SMILES string of the molecule is CC(C)c1ccccc1-c1ccc(O)cc1C(F)(F)F. The first-order valence-corrected chi connectivity index (χ1v) is 6.30. The summed E-state index contributed by atoms with van der Waals surface area (Å²) in [6.45, 7) is 3.87. The van der Waals surface area contributed by atoms with E-state index in [4.69, 9.17) is 0 Å². The van der Waals surface area contributed by atoms with Crippen LogP contribution in [0.15, 0.2) is 42.5 Å². The van der Waals surface area contributed by atoms with Gasteiger partial charge in [0.15, 0.2) is 0 Å². The predicted octanol–water partition coefficient (Wildman–Crippen LogP) is 5.20. The first kappa shape index (κ1) is 14.4. The van der Waals surface area contributed by atoms with Crippen LogP contribution in [0.3, 0.4) is 0 Å². The Morgan fingerprint density at radius 3 is 2.20 bits per heavy atom. The molecule has 0 bridgehead atoms. The molecule has 0 saturated heterocycles. The van der Waals surface area contributed by atoms with E-state index in [1.165, 1.54) is 12.1 Å². The third kappa shape index (κ3) is 2.79. The van der Waals surface area contributed by atoms with Crippen molar-refractivity contribution in [1.29, 1.82) is 0 Å². The lowest BCUT2D eigenvalue weighted by molar-refractivity contribution is -0.137. The number of phenolic OH excluding ortho intramolecular Hbond substituents is 1. The number of hydrogen-bond donors (Lipinski definition) is 1. The fourth-order valence-corrected chi connectivity index (χ4v) is 2.25. The zero-order chi connectivity index (χ0) is 14.9. The number of aromatic hydroxyl groups is 1. The van der Waals surface area contributed by atoms with E-state index in [1.54, 1.807) is 12.1 Å². The second-order valence-corrected chi connectivity index (χ2v) is 4.97. The molecule has 1 N–H and O–H groups in total. The molecular formula is C16H15F3O. The van der Waals surface area contributed by atoms with Gasteiger partial charge in [-0.3, -0.25) is 0 Å². The molecule has 0 heterocycles. The Morgan fingerprint density at radius 2 is 1.60 bits per heavy atom. The minimum Gasteiger partial charge on any atom is -0.508 e. The van der Waals surface area contributed by atoms with E-state index in [0.717, 1.165) is 11.6 Å². The molecule has 0 radical (unpaired) electrons. The molecular weight excluding hydrogens is 265 g/mol. The summed E-state index contributed by atoms with van der Waals surface area (Å²) < 4.78 is 39.4. The minimum atomic E-state index is -4.50.